The molecule has 0 aliphatic carbocycles. The number of benzene rings is 2. The van der Waals surface area contributed by atoms with E-state index in [9.17, 15) is 0 Å². The molecule has 0 N–H and O–H groups in total. The summed E-state index contributed by atoms with van der Waals surface area (Å²) in [5.41, 5.74) is 1.55. The molecule has 2 rings (SSSR count). The van der Waals surface area contributed by atoms with E-state index in [0.717, 1.165) is 10.0 Å². The highest BCUT2D eigenvalue weighted by Crippen LogP contribution is 2.36. The molecule has 96 valence electrons. The lowest BCUT2D eigenvalue weighted by atomic mass is 10.2. The van der Waals surface area contributed by atoms with Crippen molar-refractivity contribution in [3.8, 4) is 11.8 Å². The van der Waals surface area contributed by atoms with E-state index >= 15 is 0 Å². The molecule has 5 heteroatoms. The Morgan fingerprint density at radius 1 is 1.11 bits per heavy atom. The Kier molecular flexibility index (Phi) is 4.71. The summed E-state index contributed by atoms with van der Waals surface area (Å²) in [5.74, 6) is 0.455. The van der Waals surface area contributed by atoms with Crippen LogP contribution in [0, 0.1) is 11.3 Å². The third-order valence-electron chi connectivity index (χ3n) is 2.43. The Bertz CT molecular complexity index is 612. The normalized spacial score (nSPS) is 10.0. The Morgan fingerprint density at radius 3 is 2.21 bits per heavy atom. The third-order valence-corrected chi connectivity index (χ3v) is 3.45. The smallest absolute Gasteiger partial charge is 0.157 e. The van der Waals surface area contributed by atoms with Crippen LogP contribution in [0.5, 0.6) is 5.75 Å². The van der Waals surface area contributed by atoms with Crippen molar-refractivity contribution in [3.05, 3.63) is 62.0 Å². The van der Waals surface area contributed by atoms with Crippen LogP contribution >= 0.6 is 39.1 Å². The maximum atomic E-state index is 8.71. The molecule has 0 bridgehead atoms. The van der Waals surface area contributed by atoms with E-state index in [2.05, 4.69) is 22.0 Å². The van der Waals surface area contributed by atoms with E-state index < -0.39 is 0 Å². The monoisotopic (exact) mass is 355 g/mol. The fourth-order valence-corrected chi connectivity index (χ4v) is 2.82. The fraction of sp³-hybridized carbons (Fsp3) is 0.0714. The summed E-state index contributed by atoms with van der Waals surface area (Å²) in [4.78, 5) is 0. The highest BCUT2D eigenvalue weighted by Gasteiger charge is 2.09. The van der Waals surface area contributed by atoms with Crippen LogP contribution in [0.15, 0.2) is 40.9 Å². The van der Waals surface area contributed by atoms with Crippen molar-refractivity contribution in [1.29, 1.82) is 5.26 Å². The van der Waals surface area contributed by atoms with Gasteiger partial charge in [0.15, 0.2) is 5.75 Å². The van der Waals surface area contributed by atoms with E-state index in [0.29, 0.717) is 28.0 Å². The summed E-state index contributed by atoms with van der Waals surface area (Å²) >= 11 is 15.4. The standard InChI is InChI=1S/C14H8BrCl2NO/c15-11-5-12(16)14(13(17)6-11)19-8-10-3-1-9(7-18)2-4-10/h1-6H,8H2. The van der Waals surface area contributed by atoms with Crippen molar-refractivity contribution in [2.75, 3.05) is 0 Å². The number of halogens is 3. The number of rotatable bonds is 3. The summed E-state index contributed by atoms with van der Waals surface area (Å²) < 4.78 is 6.41. The van der Waals surface area contributed by atoms with Crippen LogP contribution in [-0.4, -0.2) is 0 Å². The molecular formula is C14H8BrCl2NO. The molecule has 2 aromatic rings. The molecular weight excluding hydrogens is 349 g/mol. The van der Waals surface area contributed by atoms with E-state index in [4.69, 9.17) is 33.2 Å². The van der Waals surface area contributed by atoms with Gasteiger partial charge < -0.3 is 4.74 Å². The van der Waals surface area contributed by atoms with Gasteiger partial charge in [-0.15, -0.1) is 0 Å². The minimum atomic E-state index is 0.340. The van der Waals surface area contributed by atoms with Gasteiger partial charge in [-0.2, -0.15) is 5.26 Å². The summed E-state index contributed by atoms with van der Waals surface area (Å²) in [6.45, 7) is 0.340. The molecule has 2 aromatic carbocycles. The minimum Gasteiger partial charge on any atom is -0.486 e. The first-order valence-electron chi connectivity index (χ1n) is 5.36. The van der Waals surface area contributed by atoms with Crippen LogP contribution in [0.2, 0.25) is 10.0 Å². The third kappa shape index (κ3) is 3.63. The maximum Gasteiger partial charge on any atom is 0.157 e. The molecule has 0 radical (unpaired) electrons. The summed E-state index contributed by atoms with van der Waals surface area (Å²) in [7, 11) is 0. The van der Waals surface area contributed by atoms with Crippen molar-refractivity contribution in [3.63, 3.8) is 0 Å². The minimum absolute atomic E-state index is 0.340. The predicted molar refractivity (Wildman–Crippen MR) is 79.7 cm³/mol. The zero-order valence-corrected chi connectivity index (χ0v) is 12.8. The van der Waals surface area contributed by atoms with Crippen molar-refractivity contribution in [2.45, 2.75) is 6.61 Å². The molecule has 0 fully saturated rings. The van der Waals surface area contributed by atoms with Gasteiger partial charge in [-0.05, 0) is 29.8 Å². The number of ether oxygens (including phenoxy) is 1. The van der Waals surface area contributed by atoms with Gasteiger partial charge in [0, 0.05) is 4.47 Å². The van der Waals surface area contributed by atoms with E-state index in [-0.39, 0.29) is 0 Å². The van der Waals surface area contributed by atoms with Crippen LogP contribution in [0.1, 0.15) is 11.1 Å². The zero-order valence-electron chi connectivity index (χ0n) is 9.66. The highest BCUT2D eigenvalue weighted by atomic mass is 79.9. The number of nitriles is 1. The van der Waals surface area contributed by atoms with Crippen LogP contribution in [0.4, 0.5) is 0 Å². The Balaban J connectivity index is 2.12. The molecule has 0 aliphatic heterocycles. The second-order valence-electron chi connectivity index (χ2n) is 3.80. The molecule has 0 unspecified atom stereocenters. The van der Waals surface area contributed by atoms with Gasteiger partial charge in [0.1, 0.15) is 6.61 Å². The molecule has 0 spiro atoms. The van der Waals surface area contributed by atoms with Crippen molar-refractivity contribution in [1.82, 2.24) is 0 Å². The van der Waals surface area contributed by atoms with Crippen LogP contribution < -0.4 is 4.74 Å². The second-order valence-corrected chi connectivity index (χ2v) is 5.53. The van der Waals surface area contributed by atoms with E-state index in [1.165, 1.54) is 0 Å². The highest BCUT2D eigenvalue weighted by molar-refractivity contribution is 9.10. The number of nitrogens with zero attached hydrogens (tertiary/aromatic N) is 1. The summed E-state index contributed by atoms with van der Waals surface area (Å²) in [6.07, 6.45) is 0. The topological polar surface area (TPSA) is 33.0 Å². The van der Waals surface area contributed by atoms with Crippen molar-refractivity contribution < 1.29 is 4.74 Å². The molecule has 0 atom stereocenters. The van der Waals surface area contributed by atoms with Gasteiger partial charge in [0.2, 0.25) is 0 Å². The van der Waals surface area contributed by atoms with Gasteiger partial charge >= 0.3 is 0 Å². The number of hydrogen-bond donors (Lipinski definition) is 0. The Hall–Kier alpha value is -1.21. The number of hydrogen-bond acceptors (Lipinski definition) is 2. The van der Waals surface area contributed by atoms with Crippen LogP contribution in [0.3, 0.4) is 0 Å². The van der Waals surface area contributed by atoms with Crippen molar-refractivity contribution in [2.24, 2.45) is 0 Å². The first kappa shape index (κ1) is 14.2. The van der Waals surface area contributed by atoms with Gasteiger partial charge in [-0.25, -0.2) is 0 Å². The largest absolute Gasteiger partial charge is 0.486 e. The van der Waals surface area contributed by atoms with E-state index in [1.54, 1.807) is 24.3 Å². The molecule has 19 heavy (non-hydrogen) atoms. The SMILES string of the molecule is N#Cc1ccc(COc2c(Cl)cc(Br)cc2Cl)cc1. The molecule has 0 amide bonds. The van der Waals surface area contributed by atoms with Crippen molar-refractivity contribution >= 4 is 39.1 Å². The second kappa shape index (κ2) is 6.29. The molecule has 0 saturated carbocycles. The average Bonchev–Trinajstić information content (AvgIpc) is 2.38. The van der Waals surface area contributed by atoms with Gasteiger partial charge in [-0.3, -0.25) is 0 Å². The van der Waals surface area contributed by atoms with Gasteiger partial charge in [0.05, 0.1) is 21.7 Å². The maximum absolute atomic E-state index is 8.71. The Labute approximate surface area is 129 Å². The predicted octanol–water partition coefficient (Wildman–Crippen LogP) is 5.21. The van der Waals surface area contributed by atoms with Gasteiger partial charge in [0.25, 0.3) is 0 Å². The average molecular weight is 357 g/mol. The summed E-state index contributed by atoms with van der Waals surface area (Å²) in [5, 5.41) is 9.62. The summed E-state index contributed by atoms with van der Waals surface area (Å²) in [6, 6.07) is 12.7. The first-order valence-corrected chi connectivity index (χ1v) is 6.91. The zero-order chi connectivity index (χ0) is 13.8. The molecule has 0 saturated heterocycles. The van der Waals surface area contributed by atoms with Crippen LogP contribution in [-0.2, 0) is 6.61 Å². The Morgan fingerprint density at radius 2 is 1.68 bits per heavy atom. The quantitative estimate of drug-likeness (QED) is 0.756. The van der Waals surface area contributed by atoms with Gasteiger partial charge in [-0.1, -0.05) is 51.3 Å². The fourth-order valence-electron chi connectivity index (χ4n) is 1.50. The van der Waals surface area contributed by atoms with E-state index in [1.807, 2.05) is 12.1 Å². The van der Waals surface area contributed by atoms with Crippen LogP contribution in [0.25, 0.3) is 0 Å². The molecule has 0 heterocycles. The molecule has 2 nitrogen and oxygen atoms in total. The molecule has 0 aromatic heterocycles. The lowest BCUT2D eigenvalue weighted by molar-refractivity contribution is 0.306. The first-order chi connectivity index (χ1) is 9.10. The molecule has 0 aliphatic rings. The lowest BCUT2D eigenvalue weighted by Gasteiger charge is -2.10. The lowest BCUT2D eigenvalue weighted by Crippen LogP contribution is -1.96.